The lowest BCUT2D eigenvalue weighted by Crippen LogP contribution is -2.53. The zero-order valence-corrected chi connectivity index (χ0v) is 14.2. The van der Waals surface area contributed by atoms with Crippen LogP contribution in [-0.2, 0) is 9.53 Å². The lowest BCUT2D eigenvalue weighted by Gasteiger charge is -2.35. The smallest absolute Gasteiger partial charge is 0.253 e. The zero-order chi connectivity index (χ0) is 17.1. The average Bonchev–Trinajstić information content (AvgIpc) is 3.10. The second-order valence-electron chi connectivity index (χ2n) is 6.18. The summed E-state index contributed by atoms with van der Waals surface area (Å²) in [5.41, 5.74) is 6.20. The van der Waals surface area contributed by atoms with E-state index in [4.69, 9.17) is 22.1 Å². The van der Waals surface area contributed by atoms with E-state index in [1.54, 1.807) is 34.1 Å². The Morgan fingerprint density at radius 2 is 1.71 bits per heavy atom. The summed E-state index contributed by atoms with van der Waals surface area (Å²) in [5.74, 6) is -0.0105. The molecule has 2 atom stereocenters. The Morgan fingerprint density at radius 1 is 1.08 bits per heavy atom. The second kappa shape index (κ2) is 7.51. The molecule has 0 saturated carbocycles. The van der Waals surface area contributed by atoms with Gasteiger partial charge in [0.25, 0.3) is 11.8 Å². The van der Waals surface area contributed by atoms with Crippen LogP contribution in [0.2, 0.25) is 5.02 Å². The number of piperazine rings is 1. The maximum Gasteiger partial charge on any atom is 0.253 e. The van der Waals surface area contributed by atoms with E-state index in [-0.39, 0.29) is 24.0 Å². The minimum atomic E-state index is -0.378. The van der Waals surface area contributed by atoms with Gasteiger partial charge < -0.3 is 20.3 Å². The molecule has 6 nitrogen and oxygen atoms in total. The summed E-state index contributed by atoms with van der Waals surface area (Å²) in [6.07, 6.45) is 1.18. The summed E-state index contributed by atoms with van der Waals surface area (Å²) in [7, 11) is 0. The van der Waals surface area contributed by atoms with Crippen molar-refractivity contribution in [1.29, 1.82) is 0 Å². The molecule has 24 heavy (non-hydrogen) atoms. The number of carbonyl (C=O) groups is 2. The van der Waals surface area contributed by atoms with Crippen molar-refractivity contribution in [2.75, 3.05) is 32.7 Å². The van der Waals surface area contributed by atoms with E-state index in [9.17, 15) is 9.59 Å². The van der Waals surface area contributed by atoms with E-state index in [0.29, 0.717) is 43.3 Å². The minimum absolute atomic E-state index is 0.00767. The fourth-order valence-corrected chi connectivity index (χ4v) is 3.30. The van der Waals surface area contributed by atoms with E-state index in [1.165, 1.54) is 0 Å². The molecule has 1 aromatic rings. The highest BCUT2D eigenvalue weighted by Gasteiger charge is 2.34. The lowest BCUT2D eigenvalue weighted by atomic mass is 10.1. The summed E-state index contributed by atoms with van der Waals surface area (Å²) in [6.45, 7) is 2.57. The molecule has 0 radical (unpaired) electrons. The third-order valence-electron chi connectivity index (χ3n) is 4.62. The van der Waals surface area contributed by atoms with Gasteiger partial charge in [0.05, 0.1) is 6.10 Å². The van der Waals surface area contributed by atoms with Crippen molar-refractivity contribution in [3.8, 4) is 0 Å². The molecule has 2 aliphatic rings. The molecule has 0 unspecified atom stereocenters. The Balaban J connectivity index is 1.53. The molecular weight excluding hydrogens is 330 g/mol. The van der Waals surface area contributed by atoms with E-state index >= 15 is 0 Å². The van der Waals surface area contributed by atoms with E-state index in [1.807, 2.05) is 0 Å². The van der Waals surface area contributed by atoms with Gasteiger partial charge >= 0.3 is 0 Å². The van der Waals surface area contributed by atoms with E-state index in [2.05, 4.69) is 0 Å². The van der Waals surface area contributed by atoms with Crippen molar-refractivity contribution in [2.24, 2.45) is 5.73 Å². The maximum atomic E-state index is 12.5. The molecule has 0 bridgehead atoms. The number of carbonyl (C=O) groups excluding carboxylic acids is 2. The van der Waals surface area contributed by atoms with Gasteiger partial charge in [-0.25, -0.2) is 0 Å². The highest BCUT2D eigenvalue weighted by molar-refractivity contribution is 6.30. The number of nitrogens with two attached hydrogens (primary N) is 1. The van der Waals surface area contributed by atoms with Crippen LogP contribution in [0.4, 0.5) is 0 Å². The number of ether oxygens (including phenoxy) is 1. The van der Waals surface area contributed by atoms with Gasteiger partial charge in [-0.15, -0.1) is 0 Å². The Kier molecular flexibility index (Phi) is 5.38. The summed E-state index contributed by atoms with van der Waals surface area (Å²) in [6, 6.07) is 6.86. The average molecular weight is 352 g/mol. The number of hydrogen-bond acceptors (Lipinski definition) is 4. The van der Waals surface area contributed by atoms with E-state index < -0.39 is 0 Å². The molecule has 2 heterocycles. The van der Waals surface area contributed by atoms with Gasteiger partial charge in [0.1, 0.15) is 6.10 Å². The Bertz CT molecular complexity index is 600. The van der Waals surface area contributed by atoms with Gasteiger partial charge in [-0.3, -0.25) is 9.59 Å². The first-order chi connectivity index (χ1) is 11.6. The van der Waals surface area contributed by atoms with E-state index in [0.717, 1.165) is 12.8 Å². The number of rotatable bonds is 3. The van der Waals surface area contributed by atoms with Gasteiger partial charge in [-0.05, 0) is 37.1 Å². The van der Waals surface area contributed by atoms with Gasteiger partial charge in [-0.1, -0.05) is 11.6 Å². The van der Waals surface area contributed by atoms with Crippen molar-refractivity contribution in [1.82, 2.24) is 9.80 Å². The number of benzene rings is 1. The van der Waals surface area contributed by atoms with Crippen molar-refractivity contribution in [3.05, 3.63) is 34.9 Å². The van der Waals surface area contributed by atoms with Gasteiger partial charge in [0.15, 0.2) is 0 Å². The third kappa shape index (κ3) is 3.71. The maximum absolute atomic E-state index is 12.5. The number of hydrogen-bond donors (Lipinski definition) is 1. The van der Waals surface area contributed by atoms with Crippen LogP contribution >= 0.6 is 11.6 Å². The first-order valence-electron chi connectivity index (χ1n) is 8.27. The third-order valence-corrected chi connectivity index (χ3v) is 4.87. The van der Waals surface area contributed by atoms with Gasteiger partial charge in [0, 0.05) is 43.3 Å². The summed E-state index contributed by atoms with van der Waals surface area (Å²) < 4.78 is 5.67. The summed E-state index contributed by atoms with van der Waals surface area (Å²) in [4.78, 5) is 28.5. The van der Waals surface area contributed by atoms with Crippen LogP contribution in [0.1, 0.15) is 23.2 Å². The standard InChI is InChI=1S/C17H22ClN3O3/c18-13-3-1-12(2-4-13)16(22)20-7-9-21(10-8-20)17(23)15-6-5-14(11-19)24-15/h1-4,14-15H,5-11,19H2/t14-,15+/m1/s1. The molecule has 2 amide bonds. The Hall–Kier alpha value is -1.63. The molecule has 1 aromatic carbocycles. The highest BCUT2D eigenvalue weighted by atomic mass is 35.5. The molecular formula is C17H22ClN3O3. The second-order valence-corrected chi connectivity index (χ2v) is 6.62. The number of amides is 2. The number of nitrogens with zero attached hydrogens (tertiary/aromatic N) is 2. The fraction of sp³-hybridized carbons (Fsp3) is 0.529. The summed E-state index contributed by atoms with van der Waals surface area (Å²) in [5, 5.41) is 0.606. The molecule has 2 N–H and O–H groups in total. The molecule has 3 rings (SSSR count). The molecule has 2 fully saturated rings. The molecule has 2 aliphatic heterocycles. The van der Waals surface area contributed by atoms with Gasteiger partial charge in [0.2, 0.25) is 0 Å². The van der Waals surface area contributed by atoms with Crippen molar-refractivity contribution in [2.45, 2.75) is 25.0 Å². The molecule has 2 saturated heterocycles. The monoisotopic (exact) mass is 351 g/mol. The molecule has 0 spiro atoms. The van der Waals surface area contributed by atoms with Crippen LogP contribution in [-0.4, -0.2) is 66.5 Å². The van der Waals surface area contributed by atoms with Gasteiger partial charge in [-0.2, -0.15) is 0 Å². The SMILES string of the molecule is NC[C@H]1CC[C@@H](C(=O)N2CCN(C(=O)c3ccc(Cl)cc3)CC2)O1. The van der Waals surface area contributed by atoms with Crippen LogP contribution in [0.15, 0.2) is 24.3 Å². The van der Waals surface area contributed by atoms with Crippen molar-refractivity contribution >= 4 is 23.4 Å². The Labute approximate surface area is 146 Å². The zero-order valence-electron chi connectivity index (χ0n) is 13.5. The molecule has 130 valence electrons. The predicted molar refractivity (Wildman–Crippen MR) is 90.9 cm³/mol. The Morgan fingerprint density at radius 3 is 2.29 bits per heavy atom. The highest BCUT2D eigenvalue weighted by Crippen LogP contribution is 2.21. The fourth-order valence-electron chi connectivity index (χ4n) is 3.17. The molecule has 7 heteroatoms. The summed E-state index contributed by atoms with van der Waals surface area (Å²) >= 11 is 5.85. The topological polar surface area (TPSA) is 75.9 Å². The van der Waals surface area contributed by atoms with Crippen LogP contribution in [0.25, 0.3) is 0 Å². The minimum Gasteiger partial charge on any atom is -0.364 e. The first kappa shape index (κ1) is 17.2. The lowest BCUT2D eigenvalue weighted by molar-refractivity contribution is -0.144. The van der Waals surface area contributed by atoms with Crippen LogP contribution in [0.3, 0.4) is 0 Å². The first-order valence-corrected chi connectivity index (χ1v) is 8.65. The van der Waals surface area contributed by atoms with Crippen LogP contribution in [0, 0.1) is 0 Å². The quantitative estimate of drug-likeness (QED) is 0.885. The molecule has 0 aromatic heterocycles. The largest absolute Gasteiger partial charge is 0.364 e. The van der Waals surface area contributed by atoms with Crippen LogP contribution < -0.4 is 5.73 Å². The van der Waals surface area contributed by atoms with Crippen molar-refractivity contribution in [3.63, 3.8) is 0 Å². The van der Waals surface area contributed by atoms with Crippen LogP contribution in [0.5, 0.6) is 0 Å². The molecule has 0 aliphatic carbocycles. The predicted octanol–water partition coefficient (Wildman–Crippen LogP) is 1.13. The number of halogens is 1. The van der Waals surface area contributed by atoms with Crippen molar-refractivity contribution < 1.29 is 14.3 Å². The normalized spacial score (nSPS) is 24.2.